The second kappa shape index (κ2) is 7.40. The molecule has 0 saturated carbocycles. The van der Waals surface area contributed by atoms with Crippen LogP contribution in [0.3, 0.4) is 0 Å². The number of nitrogens with one attached hydrogen (secondary N) is 1. The number of hydrogen-bond donors (Lipinski definition) is 3. The van der Waals surface area contributed by atoms with Crippen molar-refractivity contribution in [1.82, 2.24) is 5.32 Å². The maximum atomic E-state index is 9.19. The van der Waals surface area contributed by atoms with Gasteiger partial charge in [0.25, 0.3) is 0 Å². The molecule has 1 aromatic carbocycles. The van der Waals surface area contributed by atoms with Crippen molar-refractivity contribution < 1.29 is 5.11 Å². The third kappa shape index (κ3) is 4.93. The zero-order chi connectivity index (χ0) is 10.9. The summed E-state index contributed by atoms with van der Waals surface area (Å²) in [7, 11) is 0. The minimum absolute atomic E-state index is 0.138. The van der Waals surface area contributed by atoms with Crippen molar-refractivity contribution in [2.45, 2.75) is 18.9 Å². The normalized spacial score (nSPS) is 12.7. The molecule has 0 bridgehead atoms. The number of aliphatic hydroxyl groups is 1. The molecular formula is C12H20N2O. The quantitative estimate of drug-likeness (QED) is 0.573. The van der Waals surface area contributed by atoms with E-state index < -0.39 is 0 Å². The van der Waals surface area contributed by atoms with Crippen molar-refractivity contribution in [1.29, 1.82) is 0 Å². The Morgan fingerprint density at radius 1 is 1.27 bits per heavy atom. The smallest absolute Gasteiger partial charge is 0.0587 e. The standard InChI is InChI=1S/C12H20N2O/c13-7-4-8-14-12(10-15)9-11-5-2-1-3-6-11/h1-3,5-6,12,14-15H,4,7-10,13H2/t12-/m0/s1. The van der Waals surface area contributed by atoms with Crippen LogP contribution in [0.2, 0.25) is 0 Å². The van der Waals surface area contributed by atoms with Gasteiger partial charge < -0.3 is 16.2 Å². The van der Waals surface area contributed by atoms with Crippen LogP contribution in [0.5, 0.6) is 0 Å². The van der Waals surface area contributed by atoms with E-state index >= 15 is 0 Å². The lowest BCUT2D eigenvalue weighted by molar-refractivity contribution is 0.241. The molecule has 0 fully saturated rings. The van der Waals surface area contributed by atoms with Crippen LogP contribution in [0.25, 0.3) is 0 Å². The molecule has 1 rings (SSSR count). The number of nitrogens with two attached hydrogens (primary N) is 1. The number of hydrogen-bond acceptors (Lipinski definition) is 3. The molecule has 0 aliphatic rings. The average molecular weight is 208 g/mol. The minimum Gasteiger partial charge on any atom is -0.395 e. The fourth-order valence-electron chi connectivity index (χ4n) is 1.51. The largest absolute Gasteiger partial charge is 0.395 e. The van der Waals surface area contributed by atoms with Gasteiger partial charge in [-0.15, -0.1) is 0 Å². The summed E-state index contributed by atoms with van der Waals surface area (Å²) in [5, 5.41) is 12.5. The Kier molecular flexibility index (Phi) is 6.00. The van der Waals surface area contributed by atoms with Gasteiger partial charge in [0.15, 0.2) is 0 Å². The van der Waals surface area contributed by atoms with Gasteiger partial charge in [0.1, 0.15) is 0 Å². The summed E-state index contributed by atoms with van der Waals surface area (Å²) >= 11 is 0. The van der Waals surface area contributed by atoms with Crippen LogP contribution < -0.4 is 11.1 Å². The van der Waals surface area contributed by atoms with Crippen LogP contribution in [-0.2, 0) is 6.42 Å². The maximum Gasteiger partial charge on any atom is 0.0587 e. The van der Waals surface area contributed by atoms with Crippen molar-refractivity contribution in [2.24, 2.45) is 5.73 Å². The van der Waals surface area contributed by atoms with Crippen LogP contribution in [0, 0.1) is 0 Å². The van der Waals surface area contributed by atoms with Gasteiger partial charge >= 0.3 is 0 Å². The fraction of sp³-hybridized carbons (Fsp3) is 0.500. The highest BCUT2D eigenvalue weighted by Gasteiger charge is 2.06. The van der Waals surface area contributed by atoms with Crippen molar-refractivity contribution >= 4 is 0 Å². The molecule has 0 aliphatic heterocycles. The van der Waals surface area contributed by atoms with Crippen LogP contribution >= 0.6 is 0 Å². The van der Waals surface area contributed by atoms with Gasteiger partial charge in [-0.25, -0.2) is 0 Å². The van der Waals surface area contributed by atoms with E-state index in [9.17, 15) is 5.11 Å². The third-order valence-corrected chi connectivity index (χ3v) is 2.36. The predicted octanol–water partition coefficient (Wildman–Crippen LogP) is 0.528. The molecule has 1 atom stereocenters. The minimum atomic E-state index is 0.138. The molecule has 1 aromatic rings. The lowest BCUT2D eigenvalue weighted by Crippen LogP contribution is -2.35. The molecule has 0 aromatic heterocycles. The van der Waals surface area contributed by atoms with Gasteiger partial charge in [-0.05, 0) is 31.5 Å². The number of benzene rings is 1. The first kappa shape index (κ1) is 12.2. The van der Waals surface area contributed by atoms with E-state index in [1.807, 2.05) is 18.2 Å². The second-order valence-electron chi connectivity index (χ2n) is 3.67. The zero-order valence-corrected chi connectivity index (χ0v) is 9.02. The molecule has 0 spiro atoms. The molecule has 0 amide bonds. The second-order valence-corrected chi connectivity index (χ2v) is 3.67. The van der Waals surface area contributed by atoms with E-state index in [-0.39, 0.29) is 12.6 Å². The molecule has 0 radical (unpaired) electrons. The topological polar surface area (TPSA) is 58.3 Å². The van der Waals surface area contributed by atoms with Crippen molar-refractivity contribution in [3.63, 3.8) is 0 Å². The van der Waals surface area contributed by atoms with E-state index in [4.69, 9.17) is 5.73 Å². The van der Waals surface area contributed by atoms with Crippen LogP contribution in [0.4, 0.5) is 0 Å². The lowest BCUT2D eigenvalue weighted by Gasteiger charge is -2.15. The van der Waals surface area contributed by atoms with Crippen molar-refractivity contribution in [3.8, 4) is 0 Å². The third-order valence-electron chi connectivity index (χ3n) is 2.36. The van der Waals surface area contributed by atoms with Gasteiger partial charge in [0, 0.05) is 6.04 Å². The van der Waals surface area contributed by atoms with Crippen molar-refractivity contribution in [3.05, 3.63) is 35.9 Å². The summed E-state index contributed by atoms with van der Waals surface area (Å²) in [6.07, 6.45) is 1.81. The van der Waals surface area contributed by atoms with Crippen LogP contribution in [0.15, 0.2) is 30.3 Å². The molecule has 3 nitrogen and oxygen atoms in total. The van der Waals surface area contributed by atoms with E-state index in [0.717, 1.165) is 19.4 Å². The highest BCUT2D eigenvalue weighted by atomic mass is 16.3. The summed E-state index contributed by atoms with van der Waals surface area (Å²) in [5.41, 5.74) is 6.65. The molecule has 0 unspecified atom stereocenters. The molecular weight excluding hydrogens is 188 g/mol. The fourth-order valence-corrected chi connectivity index (χ4v) is 1.51. The SMILES string of the molecule is NCCCN[C@H](CO)Cc1ccccc1. The Labute approximate surface area is 91.3 Å². The molecule has 15 heavy (non-hydrogen) atoms. The lowest BCUT2D eigenvalue weighted by atomic mass is 10.1. The summed E-state index contributed by atoms with van der Waals surface area (Å²) in [6, 6.07) is 10.3. The molecule has 0 heterocycles. The first-order valence-corrected chi connectivity index (χ1v) is 5.45. The Balaban J connectivity index is 2.33. The van der Waals surface area contributed by atoms with Gasteiger partial charge in [0.05, 0.1) is 6.61 Å². The Hall–Kier alpha value is -0.900. The van der Waals surface area contributed by atoms with Gasteiger partial charge in [-0.3, -0.25) is 0 Å². The molecule has 3 heteroatoms. The van der Waals surface area contributed by atoms with Crippen LogP contribution in [-0.4, -0.2) is 30.8 Å². The maximum absolute atomic E-state index is 9.19. The van der Waals surface area contributed by atoms with E-state index in [2.05, 4.69) is 17.4 Å². The molecule has 0 aliphatic carbocycles. The van der Waals surface area contributed by atoms with Crippen molar-refractivity contribution in [2.75, 3.05) is 19.7 Å². The Morgan fingerprint density at radius 3 is 2.60 bits per heavy atom. The Bertz CT molecular complexity index is 251. The predicted molar refractivity (Wildman–Crippen MR) is 62.7 cm³/mol. The summed E-state index contributed by atoms with van der Waals surface area (Å²) in [6.45, 7) is 1.73. The highest BCUT2D eigenvalue weighted by molar-refractivity contribution is 5.15. The van der Waals surface area contributed by atoms with E-state index in [1.54, 1.807) is 0 Å². The first-order valence-electron chi connectivity index (χ1n) is 5.45. The van der Waals surface area contributed by atoms with E-state index in [0.29, 0.717) is 6.54 Å². The van der Waals surface area contributed by atoms with Gasteiger partial charge in [-0.2, -0.15) is 0 Å². The van der Waals surface area contributed by atoms with Crippen LogP contribution in [0.1, 0.15) is 12.0 Å². The van der Waals surface area contributed by atoms with E-state index in [1.165, 1.54) is 5.56 Å². The first-order chi connectivity index (χ1) is 7.36. The zero-order valence-electron chi connectivity index (χ0n) is 9.02. The number of rotatable bonds is 7. The Morgan fingerprint density at radius 2 is 2.00 bits per heavy atom. The average Bonchev–Trinajstić information content (AvgIpc) is 2.29. The van der Waals surface area contributed by atoms with Gasteiger partial charge in [-0.1, -0.05) is 30.3 Å². The van der Waals surface area contributed by atoms with Gasteiger partial charge in [0.2, 0.25) is 0 Å². The number of aliphatic hydroxyl groups excluding tert-OH is 1. The highest BCUT2D eigenvalue weighted by Crippen LogP contribution is 2.02. The molecule has 84 valence electrons. The molecule has 4 N–H and O–H groups in total. The molecule has 0 saturated heterocycles. The summed E-state index contributed by atoms with van der Waals surface area (Å²) < 4.78 is 0. The monoisotopic (exact) mass is 208 g/mol. The summed E-state index contributed by atoms with van der Waals surface area (Å²) in [4.78, 5) is 0. The summed E-state index contributed by atoms with van der Waals surface area (Å²) in [5.74, 6) is 0.